The van der Waals surface area contributed by atoms with Crippen LogP contribution in [-0.2, 0) is 17.6 Å². The van der Waals surface area contributed by atoms with Crippen LogP contribution < -0.4 is 9.47 Å². The maximum atomic E-state index is 9.31. The number of hydrogen-bond donors (Lipinski definition) is 2. The lowest BCUT2D eigenvalue weighted by Crippen LogP contribution is -2.27. The zero-order valence-corrected chi connectivity index (χ0v) is 17.5. The highest BCUT2D eigenvalue weighted by atomic mass is 16.5. The molecule has 2 aromatic rings. The molecule has 0 saturated heterocycles. The summed E-state index contributed by atoms with van der Waals surface area (Å²) in [6.07, 6.45) is 4.44. The Morgan fingerprint density at radius 3 is 1.55 bits per heavy atom. The van der Waals surface area contributed by atoms with Crippen molar-refractivity contribution in [3.63, 3.8) is 0 Å². The van der Waals surface area contributed by atoms with Gasteiger partial charge in [-0.3, -0.25) is 0 Å². The van der Waals surface area contributed by atoms with E-state index < -0.39 is 0 Å². The van der Waals surface area contributed by atoms with Gasteiger partial charge < -0.3 is 24.4 Å². The van der Waals surface area contributed by atoms with Gasteiger partial charge in [-0.05, 0) is 73.9 Å². The molecule has 2 rings (SSSR count). The van der Waals surface area contributed by atoms with Crippen LogP contribution in [0, 0.1) is 0 Å². The highest BCUT2D eigenvalue weighted by molar-refractivity contribution is 5.29. The van der Waals surface area contributed by atoms with Crippen LogP contribution in [0.25, 0.3) is 0 Å². The van der Waals surface area contributed by atoms with Crippen molar-refractivity contribution in [1.82, 2.24) is 0 Å². The van der Waals surface area contributed by atoms with Crippen LogP contribution in [0.4, 0.5) is 0 Å². The van der Waals surface area contributed by atoms with Gasteiger partial charge in [-0.1, -0.05) is 24.3 Å². The predicted octanol–water partition coefficient (Wildman–Crippen LogP) is 3.79. The fourth-order valence-corrected chi connectivity index (χ4v) is 3.47. The average molecular weight is 403 g/mol. The molecule has 0 bridgehead atoms. The molecule has 2 unspecified atom stereocenters. The normalized spacial score (nSPS) is 13.1. The molecule has 0 aliphatic carbocycles. The largest absolute Gasteiger partial charge is 0.497 e. The van der Waals surface area contributed by atoms with E-state index >= 15 is 0 Å². The Labute approximate surface area is 174 Å². The molecular weight excluding hydrogens is 368 g/mol. The smallest absolute Gasteiger partial charge is 0.119 e. The summed E-state index contributed by atoms with van der Waals surface area (Å²) in [5.74, 6) is 1.66. The molecule has 5 heteroatoms. The van der Waals surface area contributed by atoms with Gasteiger partial charge in [-0.25, -0.2) is 0 Å². The van der Waals surface area contributed by atoms with Gasteiger partial charge >= 0.3 is 0 Å². The summed E-state index contributed by atoms with van der Waals surface area (Å²) in [5.41, 5.74) is 2.30. The van der Waals surface area contributed by atoms with Gasteiger partial charge in [0.25, 0.3) is 0 Å². The van der Waals surface area contributed by atoms with Gasteiger partial charge in [0.2, 0.25) is 0 Å². The van der Waals surface area contributed by atoms with E-state index in [-0.39, 0.29) is 25.4 Å². The van der Waals surface area contributed by atoms with E-state index in [2.05, 4.69) is 12.1 Å². The van der Waals surface area contributed by atoms with Crippen LogP contribution in [0.15, 0.2) is 48.5 Å². The lowest BCUT2D eigenvalue weighted by atomic mass is 10.0. The third-order valence-electron chi connectivity index (χ3n) is 4.95. The molecule has 0 fully saturated rings. The van der Waals surface area contributed by atoms with Crippen molar-refractivity contribution in [1.29, 1.82) is 0 Å². The Balaban J connectivity index is 2.10. The van der Waals surface area contributed by atoms with Crippen molar-refractivity contribution in [2.45, 2.75) is 50.7 Å². The lowest BCUT2D eigenvalue weighted by Gasteiger charge is -2.26. The van der Waals surface area contributed by atoms with Gasteiger partial charge in [-0.2, -0.15) is 0 Å². The van der Waals surface area contributed by atoms with E-state index in [0.717, 1.165) is 48.3 Å². The van der Waals surface area contributed by atoms with E-state index in [1.807, 2.05) is 36.4 Å². The van der Waals surface area contributed by atoms with Gasteiger partial charge in [-0.15, -0.1) is 0 Å². The van der Waals surface area contributed by atoms with E-state index in [9.17, 15) is 10.2 Å². The van der Waals surface area contributed by atoms with Crippen LogP contribution >= 0.6 is 0 Å². The van der Waals surface area contributed by atoms with Crippen molar-refractivity contribution in [2.75, 3.05) is 27.4 Å². The quantitative estimate of drug-likeness (QED) is 0.503. The molecular formula is C24H34O5. The molecule has 0 heterocycles. The molecule has 0 aliphatic rings. The molecule has 0 amide bonds. The van der Waals surface area contributed by atoms with Crippen LogP contribution in [0.1, 0.15) is 36.8 Å². The van der Waals surface area contributed by atoms with Gasteiger partial charge in [0.15, 0.2) is 0 Å². The van der Waals surface area contributed by atoms with Crippen molar-refractivity contribution in [3.8, 4) is 11.5 Å². The lowest BCUT2D eigenvalue weighted by molar-refractivity contribution is -0.0245. The number of aliphatic hydroxyl groups is 2. The monoisotopic (exact) mass is 402 g/mol. The third kappa shape index (κ3) is 8.44. The molecule has 0 spiro atoms. The summed E-state index contributed by atoms with van der Waals surface area (Å²) < 4.78 is 17.2. The molecule has 160 valence electrons. The Morgan fingerprint density at radius 2 is 1.17 bits per heavy atom. The maximum Gasteiger partial charge on any atom is 0.119 e. The summed E-state index contributed by atoms with van der Waals surface area (Å²) in [5, 5.41) is 18.6. The summed E-state index contributed by atoms with van der Waals surface area (Å²) >= 11 is 0. The molecule has 2 atom stereocenters. The number of hydrogen-bond acceptors (Lipinski definition) is 5. The minimum atomic E-state index is -0.0106. The first-order valence-electron chi connectivity index (χ1n) is 10.3. The summed E-state index contributed by atoms with van der Waals surface area (Å²) in [4.78, 5) is 0. The minimum absolute atomic E-state index is 0.0106. The second-order valence-electron chi connectivity index (χ2n) is 7.22. The molecule has 2 aromatic carbocycles. The molecule has 0 aromatic heterocycles. The fraction of sp³-hybridized carbons (Fsp3) is 0.500. The molecule has 5 nitrogen and oxygen atoms in total. The van der Waals surface area contributed by atoms with Crippen molar-refractivity contribution in [2.24, 2.45) is 0 Å². The van der Waals surface area contributed by atoms with Crippen molar-refractivity contribution < 1.29 is 24.4 Å². The van der Waals surface area contributed by atoms with Crippen LogP contribution in [-0.4, -0.2) is 49.9 Å². The maximum absolute atomic E-state index is 9.31. The zero-order chi connectivity index (χ0) is 20.9. The third-order valence-corrected chi connectivity index (χ3v) is 4.95. The van der Waals surface area contributed by atoms with Gasteiger partial charge in [0.1, 0.15) is 11.5 Å². The Bertz CT molecular complexity index is 644. The number of ether oxygens (including phenoxy) is 3. The number of benzene rings is 2. The number of methoxy groups -OCH3 is 2. The zero-order valence-electron chi connectivity index (χ0n) is 17.5. The SMILES string of the molecule is COc1cccc(CC(CCCO)OC(CCCO)Cc2cccc(OC)c2)c1. The molecule has 29 heavy (non-hydrogen) atoms. The summed E-state index contributed by atoms with van der Waals surface area (Å²) in [7, 11) is 3.33. The first kappa shape index (κ1) is 23.2. The molecule has 0 saturated carbocycles. The Hall–Kier alpha value is -2.08. The Morgan fingerprint density at radius 1 is 0.724 bits per heavy atom. The highest BCUT2D eigenvalue weighted by Crippen LogP contribution is 2.22. The van der Waals surface area contributed by atoms with Crippen LogP contribution in [0.3, 0.4) is 0 Å². The van der Waals surface area contributed by atoms with E-state index in [0.29, 0.717) is 12.8 Å². The Kier molecular flexibility index (Phi) is 10.6. The second kappa shape index (κ2) is 13.2. The van der Waals surface area contributed by atoms with Gasteiger partial charge in [0, 0.05) is 13.2 Å². The molecule has 0 aliphatic heterocycles. The van der Waals surface area contributed by atoms with E-state index in [1.165, 1.54) is 0 Å². The number of rotatable bonds is 14. The molecule has 0 radical (unpaired) electrons. The predicted molar refractivity (Wildman–Crippen MR) is 115 cm³/mol. The first-order chi connectivity index (χ1) is 14.2. The average Bonchev–Trinajstić information content (AvgIpc) is 2.76. The van der Waals surface area contributed by atoms with Gasteiger partial charge in [0.05, 0.1) is 26.4 Å². The minimum Gasteiger partial charge on any atom is -0.497 e. The number of aliphatic hydroxyl groups excluding tert-OH is 2. The standard InChI is InChI=1S/C24H34O5/c1-27-21-9-3-7-19(15-21)17-23(11-5-13-25)29-24(12-6-14-26)18-20-8-4-10-22(16-20)28-2/h3-4,7-10,15-16,23-26H,5-6,11-14,17-18H2,1-2H3. The summed E-state index contributed by atoms with van der Waals surface area (Å²) in [6, 6.07) is 16.0. The highest BCUT2D eigenvalue weighted by Gasteiger charge is 2.18. The summed E-state index contributed by atoms with van der Waals surface area (Å²) in [6.45, 7) is 0.296. The van der Waals surface area contributed by atoms with Crippen LogP contribution in [0.2, 0.25) is 0 Å². The van der Waals surface area contributed by atoms with E-state index in [4.69, 9.17) is 14.2 Å². The van der Waals surface area contributed by atoms with E-state index in [1.54, 1.807) is 14.2 Å². The first-order valence-corrected chi connectivity index (χ1v) is 10.3. The second-order valence-corrected chi connectivity index (χ2v) is 7.22. The van der Waals surface area contributed by atoms with Crippen LogP contribution in [0.5, 0.6) is 11.5 Å². The topological polar surface area (TPSA) is 68.2 Å². The van der Waals surface area contributed by atoms with Crippen molar-refractivity contribution >= 4 is 0 Å². The fourth-order valence-electron chi connectivity index (χ4n) is 3.47. The molecule has 2 N–H and O–H groups in total. The van der Waals surface area contributed by atoms with Crippen molar-refractivity contribution in [3.05, 3.63) is 59.7 Å².